The Morgan fingerprint density at radius 3 is 2.65 bits per heavy atom. The standard InChI is InChI=1S/C20H18F3NO2/c1-25-20-16(22)9-8-13(19(20)23)6-7-14-12-24-11-10-17(14)26-18-5-3-2-4-15(18)21/h2-5,8-9,14,17,24H,10-12H2,1H3. The van der Waals surface area contributed by atoms with Crippen LogP contribution < -0.4 is 14.8 Å². The fraction of sp³-hybridized carbons (Fsp3) is 0.300. The van der Waals surface area contributed by atoms with E-state index in [1.807, 2.05) is 0 Å². The van der Waals surface area contributed by atoms with E-state index in [0.29, 0.717) is 13.0 Å². The summed E-state index contributed by atoms with van der Waals surface area (Å²) in [5, 5.41) is 3.19. The van der Waals surface area contributed by atoms with Gasteiger partial charge < -0.3 is 14.8 Å². The molecule has 1 aliphatic rings. The molecule has 1 saturated heterocycles. The van der Waals surface area contributed by atoms with Gasteiger partial charge in [-0.3, -0.25) is 0 Å². The van der Waals surface area contributed by atoms with Crippen molar-refractivity contribution in [2.45, 2.75) is 12.5 Å². The maximum Gasteiger partial charge on any atom is 0.191 e. The number of hydrogen-bond donors (Lipinski definition) is 1. The van der Waals surface area contributed by atoms with Crippen molar-refractivity contribution in [1.82, 2.24) is 5.32 Å². The molecule has 0 saturated carbocycles. The SMILES string of the molecule is COc1c(F)ccc(C#CC2CNCCC2Oc2ccccc2F)c1F. The summed E-state index contributed by atoms with van der Waals surface area (Å²) in [6.07, 6.45) is 0.314. The van der Waals surface area contributed by atoms with E-state index in [1.165, 1.54) is 19.2 Å². The van der Waals surface area contributed by atoms with Gasteiger partial charge in [-0.1, -0.05) is 24.0 Å². The number of benzene rings is 2. The van der Waals surface area contributed by atoms with E-state index < -0.39 is 23.2 Å². The van der Waals surface area contributed by atoms with Crippen LogP contribution in [0.15, 0.2) is 36.4 Å². The highest BCUT2D eigenvalue weighted by atomic mass is 19.1. The summed E-state index contributed by atoms with van der Waals surface area (Å²) in [6.45, 7) is 1.25. The zero-order valence-electron chi connectivity index (χ0n) is 14.2. The number of nitrogens with one attached hydrogen (secondary N) is 1. The second-order valence-electron chi connectivity index (χ2n) is 5.90. The highest BCUT2D eigenvalue weighted by molar-refractivity contribution is 5.43. The van der Waals surface area contributed by atoms with E-state index >= 15 is 0 Å². The molecule has 0 aromatic heterocycles. The Kier molecular flexibility index (Phi) is 5.69. The first-order chi connectivity index (χ1) is 12.6. The van der Waals surface area contributed by atoms with Crippen LogP contribution in [0.1, 0.15) is 12.0 Å². The van der Waals surface area contributed by atoms with Gasteiger partial charge in [-0.2, -0.15) is 0 Å². The van der Waals surface area contributed by atoms with Crippen molar-refractivity contribution in [2.24, 2.45) is 5.92 Å². The van der Waals surface area contributed by atoms with Gasteiger partial charge in [-0.05, 0) is 37.2 Å². The molecule has 0 amide bonds. The van der Waals surface area contributed by atoms with Crippen LogP contribution >= 0.6 is 0 Å². The van der Waals surface area contributed by atoms with Gasteiger partial charge in [-0.15, -0.1) is 0 Å². The zero-order chi connectivity index (χ0) is 18.5. The molecule has 2 aromatic rings. The van der Waals surface area contributed by atoms with Crippen LogP contribution in [0.2, 0.25) is 0 Å². The normalized spacial score (nSPS) is 19.4. The van der Waals surface area contributed by atoms with Gasteiger partial charge >= 0.3 is 0 Å². The molecule has 0 bridgehead atoms. The van der Waals surface area contributed by atoms with E-state index in [9.17, 15) is 13.2 Å². The van der Waals surface area contributed by atoms with Crippen molar-refractivity contribution in [3.05, 3.63) is 59.4 Å². The number of rotatable bonds is 3. The molecule has 136 valence electrons. The largest absolute Gasteiger partial charge is 0.491 e. The van der Waals surface area contributed by atoms with E-state index in [0.717, 1.165) is 12.6 Å². The monoisotopic (exact) mass is 361 g/mol. The van der Waals surface area contributed by atoms with Crippen LogP contribution in [-0.4, -0.2) is 26.3 Å². The maximum absolute atomic E-state index is 14.2. The van der Waals surface area contributed by atoms with Crippen LogP contribution in [0.3, 0.4) is 0 Å². The lowest BCUT2D eigenvalue weighted by Crippen LogP contribution is -2.42. The van der Waals surface area contributed by atoms with Crippen LogP contribution in [0, 0.1) is 35.2 Å². The number of hydrogen-bond acceptors (Lipinski definition) is 3. The number of ether oxygens (including phenoxy) is 2. The summed E-state index contributed by atoms with van der Waals surface area (Å²) in [7, 11) is 1.20. The molecular weight excluding hydrogens is 343 g/mol. The Bertz CT molecular complexity index is 845. The summed E-state index contributed by atoms with van der Waals surface area (Å²) in [6, 6.07) is 8.55. The van der Waals surface area contributed by atoms with Gasteiger partial charge in [0.1, 0.15) is 6.10 Å². The van der Waals surface area contributed by atoms with Crippen LogP contribution in [0.4, 0.5) is 13.2 Å². The number of piperidine rings is 1. The number of halogens is 3. The van der Waals surface area contributed by atoms with Crippen LogP contribution in [0.25, 0.3) is 0 Å². The molecule has 26 heavy (non-hydrogen) atoms. The van der Waals surface area contributed by atoms with Crippen LogP contribution in [0.5, 0.6) is 11.5 Å². The summed E-state index contributed by atoms with van der Waals surface area (Å²) in [5.41, 5.74) is 0.0402. The third-order valence-corrected chi connectivity index (χ3v) is 4.18. The Morgan fingerprint density at radius 1 is 1.08 bits per heavy atom. The molecule has 0 aliphatic carbocycles. The van der Waals surface area contributed by atoms with Crippen molar-refractivity contribution in [1.29, 1.82) is 0 Å². The number of methoxy groups -OCH3 is 1. The van der Waals surface area contributed by atoms with Gasteiger partial charge in [-0.25, -0.2) is 13.2 Å². The van der Waals surface area contributed by atoms with Gasteiger partial charge in [0.15, 0.2) is 29.0 Å². The van der Waals surface area contributed by atoms with E-state index in [2.05, 4.69) is 17.2 Å². The first-order valence-corrected chi connectivity index (χ1v) is 8.25. The molecular formula is C20H18F3NO2. The Morgan fingerprint density at radius 2 is 1.88 bits per heavy atom. The number of para-hydroxylation sites is 1. The summed E-state index contributed by atoms with van der Waals surface area (Å²) in [4.78, 5) is 0. The maximum atomic E-state index is 14.2. The lowest BCUT2D eigenvalue weighted by atomic mass is 9.96. The summed E-state index contributed by atoms with van der Waals surface area (Å²) >= 11 is 0. The Labute approximate surface area is 150 Å². The lowest BCUT2D eigenvalue weighted by Gasteiger charge is -2.29. The van der Waals surface area contributed by atoms with Crippen LogP contribution in [-0.2, 0) is 0 Å². The second kappa shape index (κ2) is 8.15. The van der Waals surface area contributed by atoms with E-state index in [4.69, 9.17) is 9.47 Å². The highest BCUT2D eigenvalue weighted by Gasteiger charge is 2.26. The fourth-order valence-corrected chi connectivity index (χ4v) is 2.81. The predicted molar refractivity (Wildman–Crippen MR) is 91.6 cm³/mol. The smallest absolute Gasteiger partial charge is 0.191 e. The molecule has 1 fully saturated rings. The van der Waals surface area contributed by atoms with Gasteiger partial charge in [0.2, 0.25) is 0 Å². The molecule has 1 heterocycles. The molecule has 2 atom stereocenters. The zero-order valence-corrected chi connectivity index (χ0v) is 14.2. The third kappa shape index (κ3) is 3.94. The predicted octanol–water partition coefficient (Wildman–Crippen LogP) is 3.52. The second-order valence-corrected chi connectivity index (χ2v) is 5.90. The Balaban J connectivity index is 1.82. The highest BCUT2D eigenvalue weighted by Crippen LogP contribution is 2.25. The molecule has 2 aromatic carbocycles. The summed E-state index contributed by atoms with van der Waals surface area (Å²) in [5.74, 6) is 3.08. The van der Waals surface area contributed by atoms with Gasteiger partial charge in [0.25, 0.3) is 0 Å². The van der Waals surface area contributed by atoms with Crippen molar-refractivity contribution in [3.63, 3.8) is 0 Å². The minimum atomic E-state index is -0.838. The first-order valence-electron chi connectivity index (χ1n) is 8.25. The molecule has 6 heteroatoms. The quantitative estimate of drug-likeness (QED) is 0.849. The van der Waals surface area contributed by atoms with E-state index in [1.54, 1.807) is 18.2 Å². The minimum Gasteiger partial charge on any atom is -0.491 e. The topological polar surface area (TPSA) is 30.5 Å². The molecule has 2 unspecified atom stereocenters. The molecule has 0 spiro atoms. The molecule has 1 aliphatic heterocycles. The van der Waals surface area contributed by atoms with Crippen molar-refractivity contribution in [3.8, 4) is 23.3 Å². The van der Waals surface area contributed by atoms with Crippen molar-refractivity contribution in [2.75, 3.05) is 20.2 Å². The molecule has 0 radical (unpaired) electrons. The summed E-state index contributed by atoms with van der Waals surface area (Å²) < 4.78 is 52.0. The Hall–Kier alpha value is -2.65. The first kappa shape index (κ1) is 18.2. The van der Waals surface area contributed by atoms with Crippen molar-refractivity contribution >= 4 is 0 Å². The molecule has 3 nitrogen and oxygen atoms in total. The van der Waals surface area contributed by atoms with Gasteiger partial charge in [0, 0.05) is 6.54 Å². The molecule has 3 rings (SSSR count). The minimum absolute atomic E-state index is 0.0402. The van der Waals surface area contributed by atoms with E-state index in [-0.39, 0.29) is 23.3 Å². The van der Waals surface area contributed by atoms with Gasteiger partial charge in [0.05, 0.1) is 18.6 Å². The average molecular weight is 361 g/mol. The lowest BCUT2D eigenvalue weighted by molar-refractivity contribution is 0.124. The molecule has 1 N–H and O–H groups in total. The van der Waals surface area contributed by atoms with Crippen molar-refractivity contribution < 1.29 is 22.6 Å². The fourth-order valence-electron chi connectivity index (χ4n) is 2.81. The average Bonchev–Trinajstić information content (AvgIpc) is 2.64. The third-order valence-electron chi connectivity index (χ3n) is 4.18.